The zero-order valence-corrected chi connectivity index (χ0v) is 14.8. The van der Waals surface area contributed by atoms with Gasteiger partial charge in [-0.3, -0.25) is 4.79 Å². The van der Waals surface area contributed by atoms with Crippen molar-refractivity contribution in [1.29, 1.82) is 0 Å². The summed E-state index contributed by atoms with van der Waals surface area (Å²) in [6.07, 6.45) is 12.2. The molecule has 2 fully saturated rings. The predicted molar refractivity (Wildman–Crippen MR) is 91.9 cm³/mol. The van der Waals surface area contributed by atoms with Crippen molar-refractivity contribution in [3.8, 4) is 0 Å². The number of hydrogen-bond donors (Lipinski definition) is 1. The first kappa shape index (κ1) is 15.6. The number of carbonyl (C=O) groups is 1. The zero-order chi connectivity index (χ0) is 16.4. The van der Waals surface area contributed by atoms with Crippen molar-refractivity contribution in [2.75, 3.05) is 0 Å². The Labute approximate surface area is 140 Å². The van der Waals surface area contributed by atoms with E-state index in [0.717, 1.165) is 50.0 Å². The average Bonchev–Trinajstić information content (AvgIpc) is 2.85. The molecule has 1 N–H and O–H groups in total. The summed E-state index contributed by atoms with van der Waals surface area (Å²) in [6, 6.07) is 0. The highest BCUT2D eigenvalue weighted by atomic mass is 16.3. The van der Waals surface area contributed by atoms with Gasteiger partial charge in [-0.15, -0.1) is 0 Å². The molecule has 23 heavy (non-hydrogen) atoms. The molecule has 0 spiro atoms. The van der Waals surface area contributed by atoms with Crippen molar-refractivity contribution in [2.24, 2.45) is 28.6 Å². The van der Waals surface area contributed by atoms with Crippen LogP contribution in [0.15, 0.2) is 23.3 Å². The fraction of sp³-hybridized carbons (Fsp3) is 0.762. The third-order valence-corrected chi connectivity index (χ3v) is 8.04. The van der Waals surface area contributed by atoms with Gasteiger partial charge in [0, 0.05) is 0 Å². The highest BCUT2D eigenvalue weighted by Crippen LogP contribution is 2.64. The number of carbonyl (C=O) groups excluding carboxylic acids is 1. The summed E-state index contributed by atoms with van der Waals surface area (Å²) < 4.78 is 0. The van der Waals surface area contributed by atoms with Crippen LogP contribution < -0.4 is 0 Å². The third-order valence-electron chi connectivity index (χ3n) is 8.04. The Morgan fingerprint density at radius 2 is 1.83 bits per heavy atom. The van der Waals surface area contributed by atoms with Gasteiger partial charge in [-0.05, 0) is 86.0 Å². The van der Waals surface area contributed by atoms with E-state index < -0.39 is 0 Å². The van der Waals surface area contributed by atoms with Gasteiger partial charge in [-0.1, -0.05) is 31.6 Å². The largest absolute Gasteiger partial charge is 0.393 e. The van der Waals surface area contributed by atoms with Crippen molar-refractivity contribution in [2.45, 2.75) is 71.8 Å². The van der Waals surface area contributed by atoms with E-state index in [1.165, 1.54) is 12.0 Å². The lowest BCUT2D eigenvalue weighted by Gasteiger charge is -2.57. The van der Waals surface area contributed by atoms with Crippen LogP contribution in [0.2, 0.25) is 0 Å². The molecule has 2 saturated carbocycles. The fourth-order valence-corrected chi connectivity index (χ4v) is 6.75. The second kappa shape index (κ2) is 5.05. The Balaban J connectivity index is 1.67. The van der Waals surface area contributed by atoms with Crippen LogP contribution >= 0.6 is 0 Å². The van der Waals surface area contributed by atoms with E-state index in [1.54, 1.807) is 6.92 Å². The number of fused-ring (bicyclic) bond motifs is 5. The maximum absolute atomic E-state index is 12.1. The van der Waals surface area contributed by atoms with Gasteiger partial charge in [0.15, 0.2) is 5.78 Å². The van der Waals surface area contributed by atoms with Crippen molar-refractivity contribution in [1.82, 2.24) is 0 Å². The molecular weight excluding hydrogens is 284 g/mol. The SMILES string of the molecule is CC(=O)C1=CC[C@H]2[C@@H]3CC=C4C[C@@H](O)CC[C@@]4(C)[C@H]3CC[C@@]12C. The molecule has 0 unspecified atom stereocenters. The third kappa shape index (κ3) is 2.06. The molecule has 4 aliphatic carbocycles. The molecule has 0 saturated heterocycles. The minimum Gasteiger partial charge on any atom is -0.393 e. The van der Waals surface area contributed by atoms with Gasteiger partial charge < -0.3 is 5.11 Å². The van der Waals surface area contributed by atoms with E-state index in [1.807, 2.05) is 0 Å². The summed E-state index contributed by atoms with van der Waals surface area (Å²) in [4.78, 5) is 12.1. The lowest BCUT2D eigenvalue weighted by molar-refractivity contribution is -0.115. The molecule has 0 heterocycles. The van der Waals surface area contributed by atoms with Crippen LogP contribution in [0.1, 0.15) is 65.7 Å². The molecule has 2 heteroatoms. The van der Waals surface area contributed by atoms with Crippen LogP contribution in [0.25, 0.3) is 0 Å². The summed E-state index contributed by atoms with van der Waals surface area (Å²) in [5.41, 5.74) is 3.05. The van der Waals surface area contributed by atoms with Crippen LogP contribution in [0.3, 0.4) is 0 Å². The molecule has 2 nitrogen and oxygen atoms in total. The maximum atomic E-state index is 12.1. The number of allylic oxidation sites excluding steroid dienone is 3. The molecule has 0 aromatic rings. The predicted octanol–water partition coefficient (Wildman–Crippen LogP) is 4.44. The minimum absolute atomic E-state index is 0.114. The molecule has 6 atom stereocenters. The minimum atomic E-state index is -0.128. The molecule has 0 bridgehead atoms. The number of Topliss-reactive ketones (excluding diaryl/α,β-unsaturated/α-hetero) is 1. The molecule has 0 amide bonds. The van der Waals surface area contributed by atoms with Crippen LogP contribution in [0.4, 0.5) is 0 Å². The van der Waals surface area contributed by atoms with Gasteiger partial charge >= 0.3 is 0 Å². The first-order valence-corrected chi connectivity index (χ1v) is 9.45. The zero-order valence-electron chi connectivity index (χ0n) is 14.8. The topological polar surface area (TPSA) is 37.3 Å². The lowest BCUT2D eigenvalue weighted by atomic mass is 9.47. The van der Waals surface area contributed by atoms with E-state index in [9.17, 15) is 9.90 Å². The Hall–Kier alpha value is -0.890. The standard InChI is InChI=1S/C21H30O2/c1-13(22)17-6-7-18-16-5-4-14-12-15(23)8-10-20(14,2)19(16)9-11-21(17,18)3/h4,6,15-16,18-19,23H,5,7-12H2,1-3H3/t15-,16-,18-,19-,20+,21-/m0/s1. The second-order valence-electron chi connectivity index (χ2n) is 9.02. The van der Waals surface area contributed by atoms with E-state index >= 15 is 0 Å². The van der Waals surface area contributed by atoms with Gasteiger partial charge in [-0.25, -0.2) is 0 Å². The number of ketones is 1. The Kier molecular flexibility index (Phi) is 3.43. The Morgan fingerprint density at radius 1 is 1.09 bits per heavy atom. The number of hydrogen-bond acceptors (Lipinski definition) is 2. The first-order chi connectivity index (χ1) is 10.9. The molecular formula is C21H30O2. The molecule has 4 rings (SSSR count). The Bertz CT molecular complexity index is 601. The van der Waals surface area contributed by atoms with E-state index in [2.05, 4.69) is 26.0 Å². The molecule has 4 aliphatic rings. The van der Waals surface area contributed by atoms with E-state index in [4.69, 9.17) is 0 Å². The van der Waals surface area contributed by atoms with Crippen LogP contribution in [0, 0.1) is 28.6 Å². The van der Waals surface area contributed by atoms with Crippen molar-refractivity contribution in [3.63, 3.8) is 0 Å². The normalized spacial score (nSPS) is 48.7. The number of aliphatic hydroxyl groups is 1. The smallest absolute Gasteiger partial charge is 0.156 e. The van der Waals surface area contributed by atoms with E-state index in [-0.39, 0.29) is 17.3 Å². The first-order valence-electron chi connectivity index (χ1n) is 9.45. The molecule has 0 aromatic heterocycles. The van der Waals surface area contributed by atoms with Crippen molar-refractivity contribution in [3.05, 3.63) is 23.3 Å². The number of aliphatic hydroxyl groups excluding tert-OH is 1. The summed E-state index contributed by atoms with van der Waals surface area (Å²) in [6.45, 7) is 6.55. The molecule has 0 radical (unpaired) electrons. The summed E-state index contributed by atoms with van der Waals surface area (Å²) in [5, 5.41) is 10.1. The monoisotopic (exact) mass is 314 g/mol. The molecule has 0 aromatic carbocycles. The fourth-order valence-electron chi connectivity index (χ4n) is 6.75. The summed E-state index contributed by atoms with van der Waals surface area (Å²) in [7, 11) is 0. The number of rotatable bonds is 1. The van der Waals surface area contributed by atoms with Crippen LogP contribution in [-0.4, -0.2) is 17.0 Å². The Morgan fingerprint density at radius 3 is 2.57 bits per heavy atom. The van der Waals surface area contributed by atoms with Gasteiger partial charge in [-0.2, -0.15) is 0 Å². The second-order valence-corrected chi connectivity index (χ2v) is 9.02. The van der Waals surface area contributed by atoms with Gasteiger partial charge in [0.2, 0.25) is 0 Å². The highest BCUT2D eigenvalue weighted by Gasteiger charge is 2.57. The van der Waals surface area contributed by atoms with Crippen LogP contribution in [0.5, 0.6) is 0 Å². The highest BCUT2D eigenvalue weighted by molar-refractivity contribution is 5.95. The lowest BCUT2D eigenvalue weighted by Crippen LogP contribution is -2.50. The van der Waals surface area contributed by atoms with Gasteiger partial charge in [0.05, 0.1) is 6.10 Å². The van der Waals surface area contributed by atoms with Crippen molar-refractivity contribution < 1.29 is 9.90 Å². The van der Waals surface area contributed by atoms with E-state index in [0.29, 0.717) is 17.3 Å². The van der Waals surface area contributed by atoms with Gasteiger partial charge in [0.1, 0.15) is 0 Å². The summed E-state index contributed by atoms with van der Waals surface area (Å²) >= 11 is 0. The van der Waals surface area contributed by atoms with Crippen molar-refractivity contribution >= 4 is 5.78 Å². The molecule has 126 valence electrons. The quantitative estimate of drug-likeness (QED) is 0.727. The maximum Gasteiger partial charge on any atom is 0.156 e. The average molecular weight is 314 g/mol. The van der Waals surface area contributed by atoms with Crippen LogP contribution in [-0.2, 0) is 4.79 Å². The summed E-state index contributed by atoms with van der Waals surface area (Å²) in [5.74, 6) is 2.38. The van der Waals surface area contributed by atoms with Gasteiger partial charge in [0.25, 0.3) is 0 Å². The molecule has 0 aliphatic heterocycles.